The normalized spacial score (nSPS) is 21.6. The first kappa shape index (κ1) is 12.1. The lowest BCUT2D eigenvalue weighted by atomic mass is 10.2. The maximum absolute atomic E-state index is 9.44. The number of halogens is 2. The van der Waals surface area contributed by atoms with E-state index in [4.69, 9.17) is 23.2 Å². The van der Waals surface area contributed by atoms with Gasteiger partial charge in [0.15, 0.2) is 0 Å². The fraction of sp³-hybridized carbons (Fsp3) is 0.545. The predicted molar refractivity (Wildman–Crippen MR) is 64.9 cm³/mol. The molecule has 1 atom stereocenters. The van der Waals surface area contributed by atoms with E-state index < -0.39 is 0 Å². The molecule has 0 amide bonds. The molecule has 1 aliphatic rings. The van der Waals surface area contributed by atoms with Crippen LogP contribution < -0.4 is 0 Å². The highest BCUT2D eigenvalue weighted by Gasteiger charge is 2.22. The lowest BCUT2D eigenvalue weighted by Crippen LogP contribution is -2.22. The van der Waals surface area contributed by atoms with Crippen molar-refractivity contribution >= 4 is 23.2 Å². The summed E-state index contributed by atoms with van der Waals surface area (Å²) in [6.45, 7) is 4.07. The first-order valence-corrected chi connectivity index (χ1v) is 6.04. The number of aliphatic hydroxyl groups is 1. The van der Waals surface area contributed by atoms with Crippen molar-refractivity contribution < 1.29 is 5.11 Å². The Bertz CT molecular complexity index is 375. The third kappa shape index (κ3) is 2.66. The molecular formula is C11H14Cl2N2O. The van der Waals surface area contributed by atoms with Crippen LogP contribution in [0.4, 0.5) is 0 Å². The van der Waals surface area contributed by atoms with E-state index >= 15 is 0 Å². The van der Waals surface area contributed by atoms with E-state index in [0.717, 1.165) is 24.2 Å². The molecule has 2 heterocycles. The fourth-order valence-electron chi connectivity index (χ4n) is 1.94. The van der Waals surface area contributed by atoms with Crippen LogP contribution in [0.25, 0.3) is 0 Å². The maximum atomic E-state index is 9.44. The molecule has 16 heavy (non-hydrogen) atoms. The summed E-state index contributed by atoms with van der Waals surface area (Å²) in [6.07, 6.45) is 0.588. The van der Waals surface area contributed by atoms with Gasteiger partial charge in [-0.25, -0.2) is 4.98 Å². The van der Waals surface area contributed by atoms with Crippen molar-refractivity contribution in [1.29, 1.82) is 0 Å². The van der Waals surface area contributed by atoms with Gasteiger partial charge in [0.25, 0.3) is 0 Å². The molecule has 5 heteroatoms. The summed E-state index contributed by atoms with van der Waals surface area (Å²) < 4.78 is 0. The molecule has 1 aromatic rings. The number of rotatable bonds is 2. The lowest BCUT2D eigenvalue weighted by Gasteiger charge is -2.16. The maximum Gasteiger partial charge on any atom is 0.135 e. The van der Waals surface area contributed by atoms with E-state index in [1.54, 1.807) is 0 Å². The van der Waals surface area contributed by atoms with Crippen LogP contribution in [-0.4, -0.2) is 34.2 Å². The van der Waals surface area contributed by atoms with Crippen LogP contribution in [0.2, 0.25) is 10.2 Å². The summed E-state index contributed by atoms with van der Waals surface area (Å²) in [6, 6.07) is 1.81. The van der Waals surface area contributed by atoms with Crippen molar-refractivity contribution in [3.63, 3.8) is 0 Å². The quantitative estimate of drug-likeness (QED) is 0.829. The third-order valence-corrected chi connectivity index (χ3v) is 3.43. The van der Waals surface area contributed by atoms with E-state index in [1.165, 1.54) is 0 Å². The van der Waals surface area contributed by atoms with E-state index in [0.29, 0.717) is 23.3 Å². The zero-order chi connectivity index (χ0) is 11.7. The Morgan fingerprint density at radius 1 is 1.56 bits per heavy atom. The minimum atomic E-state index is -0.226. The number of aryl methyl sites for hydroxylation is 1. The van der Waals surface area contributed by atoms with Crippen LogP contribution in [0.5, 0.6) is 0 Å². The largest absolute Gasteiger partial charge is 0.392 e. The molecule has 1 fully saturated rings. The van der Waals surface area contributed by atoms with Crippen LogP contribution in [0, 0.1) is 6.92 Å². The summed E-state index contributed by atoms with van der Waals surface area (Å²) in [5, 5.41) is 10.6. The molecule has 1 aliphatic heterocycles. The minimum absolute atomic E-state index is 0.226. The molecular weight excluding hydrogens is 247 g/mol. The lowest BCUT2D eigenvalue weighted by molar-refractivity contribution is 0.175. The number of hydrogen-bond acceptors (Lipinski definition) is 3. The zero-order valence-electron chi connectivity index (χ0n) is 9.08. The summed E-state index contributed by atoms with van der Waals surface area (Å²) >= 11 is 12.2. The summed E-state index contributed by atoms with van der Waals surface area (Å²) in [5.74, 6) is 0. The minimum Gasteiger partial charge on any atom is -0.392 e. The number of pyridine rings is 1. The molecule has 0 radical (unpaired) electrons. The predicted octanol–water partition coefficient (Wildman–Crippen LogP) is 2.26. The van der Waals surface area contributed by atoms with Gasteiger partial charge in [0, 0.05) is 35.9 Å². The third-order valence-electron chi connectivity index (χ3n) is 2.78. The van der Waals surface area contributed by atoms with Crippen molar-refractivity contribution in [3.8, 4) is 0 Å². The Morgan fingerprint density at radius 3 is 2.88 bits per heavy atom. The average Bonchev–Trinajstić information content (AvgIpc) is 2.58. The zero-order valence-corrected chi connectivity index (χ0v) is 10.6. The van der Waals surface area contributed by atoms with Crippen molar-refractivity contribution in [1.82, 2.24) is 9.88 Å². The Hall–Kier alpha value is -0.350. The van der Waals surface area contributed by atoms with Crippen molar-refractivity contribution in [3.05, 3.63) is 27.5 Å². The van der Waals surface area contributed by atoms with Crippen LogP contribution in [0.1, 0.15) is 17.7 Å². The number of hydrogen-bond donors (Lipinski definition) is 1. The van der Waals surface area contributed by atoms with Gasteiger partial charge in [-0.2, -0.15) is 0 Å². The fourth-order valence-corrected chi connectivity index (χ4v) is 2.59. The van der Waals surface area contributed by atoms with E-state index in [1.807, 2.05) is 13.0 Å². The van der Waals surface area contributed by atoms with Crippen LogP contribution in [0.3, 0.4) is 0 Å². The topological polar surface area (TPSA) is 36.4 Å². The van der Waals surface area contributed by atoms with Gasteiger partial charge in [0.05, 0.1) is 6.10 Å². The number of aliphatic hydroxyl groups excluding tert-OH is 1. The Balaban J connectivity index is 2.15. The summed E-state index contributed by atoms with van der Waals surface area (Å²) in [5.41, 5.74) is 1.67. The molecule has 2 rings (SSSR count). The van der Waals surface area contributed by atoms with Gasteiger partial charge < -0.3 is 5.11 Å². The highest BCUT2D eigenvalue weighted by Crippen LogP contribution is 2.26. The molecule has 0 bridgehead atoms. The Kier molecular flexibility index (Phi) is 3.70. The molecule has 0 aliphatic carbocycles. The van der Waals surface area contributed by atoms with Crippen molar-refractivity contribution in [2.45, 2.75) is 26.0 Å². The Labute approximate surface area is 105 Å². The van der Waals surface area contributed by atoms with Gasteiger partial charge in [-0.1, -0.05) is 23.2 Å². The number of nitrogens with zero attached hydrogens (tertiary/aromatic N) is 2. The second kappa shape index (κ2) is 4.88. The molecule has 3 nitrogen and oxygen atoms in total. The summed E-state index contributed by atoms with van der Waals surface area (Å²) in [4.78, 5) is 6.32. The molecule has 0 unspecified atom stereocenters. The van der Waals surface area contributed by atoms with Crippen LogP contribution in [-0.2, 0) is 6.54 Å². The van der Waals surface area contributed by atoms with Gasteiger partial charge in [-0.3, -0.25) is 4.90 Å². The number of β-amino-alcohol motifs (C(OH)–C–C–N with tert-alkyl or cyclic N) is 1. The van der Waals surface area contributed by atoms with Gasteiger partial charge in [0.2, 0.25) is 0 Å². The van der Waals surface area contributed by atoms with Crippen LogP contribution >= 0.6 is 23.2 Å². The SMILES string of the molecule is Cc1cc(Cl)c(CN2CC[C@H](O)C2)c(Cl)n1. The number of aromatic nitrogens is 1. The molecule has 0 aromatic carbocycles. The van der Waals surface area contributed by atoms with Crippen molar-refractivity contribution in [2.24, 2.45) is 0 Å². The van der Waals surface area contributed by atoms with Gasteiger partial charge in [-0.15, -0.1) is 0 Å². The van der Waals surface area contributed by atoms with E-state index in [-0.39, 0.29) is 6.10 Å². The first-order chi connectivity index (χ1) is 7.56. The average molecular weight is 261 g/mol. The summed E-state index contributed by atoms with van der Waals surface area (Å²) in [7, 11) is 0. The second-order valence-corrected chi connectivity index (χ2v) is 4.96. The second-order valence-electron chi connectivity index (χ2n) is 4.19. The molecule has 1 saturated heterocycles. The Morgan fingerprint density at radius 2 is 2.31 bits per heavy atom. The molecule has 1 aromatic heterocycles. The molecule has 1 N–H and O–H groups in total. The molecule has 0 spiro atoms. The highest BCUT2D eigenvalue weighted by atomic mass is 35.5. The smallest absolute Gasteiger partial charge is 0.135 e. The van der Waals surface area contributed by atoms with Gasteiger partial charge >= 0.3 is 0 Å². The molecule has 0 saturated carbocycles. The van der Waals surface area contributed by atoms with Crippen molar-refractivity contribution in [2.75, 3.05) is 13.1 Å². The van der Waals surface area contributed by atoms with E-state index in [2.05, 4.69) is 9.88 Å². The highest BCUT2D eigenvalue weighted by molar-refractivity contribution is 6.35. The van der Waals surface area contributed by atoms with Gasteiger partial charge in [-0.05, 0) is 19.4 Å². The standard InChI is InChI=1S/C11H14Cl2N2O/c1-7-4-10(12)9(11(13)14-7)6-15-3-2-8(16)5-15/h4,8,16H,2-3,5-6H2,1H3/t8-/m0/s1. The van der Waals surface area contributed by atoms with E-state index in [9.17, 15) is 5.11 Å². The van der Waals surface area contributed by atoms with Gasteiger partial charge in [0.1, 0.15) is 5.15 Å². The monoisotopic (exact) mass is 260 g/mol. The molecule has 88 valence electrons. The first-order valence-electron chi connectivity index (χ1n) is 5.28. The number of likely N-dealkylation sites (tertiary alicyclic amines) is 1. The van der Waals surface area contributed by atoms with Crippen LogP contribution in [0.15, 0.2) is 6.07 Å².